The Balaban J connectivity index is 1.67. The number of hydrogen-bond acceptors (Lipinski definition) is 4. The van der Waals surface area contributed by atoms with Crippen LogP contribution < -0.4 is 9.88 Å². The van der Waals surface area contributed by atoms with Gasteiger partial charge in [0.05, 0.1) is 10.5 Å². The summed E-state index contributed by atoms with van der Waals surface area (Å²) in [6.07, 6.45) is -1.03. The predicted molar refractivity (Wildman–Crippen MR) is 115 cm³/mol. The molecule has 1 saturated heterocycles. The third-order valence-electron chi connectivity index (χ3n) is 6.47. The van der Waals surface area contributed by atoms with Crippen molar-refractivity contribution in [3.63, 3.8) is 0 Å². The highest BCUT2D eigenvalue weighted by molar-refractivity contribution is 7.89. The molecule has 1 aliphatic heterocycles. The van der Waals surface area contributed by atoms with Crippen LogP contribution in [-0.4, -0.2) is 33.5 Å². The molecule has 1 aliphatic carbocycles. The predicted octanol–water partition coefficient (Wildman–Crippen LogP) is 4.62. The van der Waals surface area contributed by atoms with E-state index in [1.807, 2.05) is 7.05 Å². The molecular weight excluding hydrogens is 441 g/mol. The first-order valence-electron chi connectivity index (χ1n) is 10.7. The molecule has 5 nitrogen and oxygen atoms in total. The lowest BCUT2D eigenvalue weighted by Crippen LogP contribution is -2.29. The zero-order valence-electron chi connectivity index (χ0n) is 17.9. The lowest BCUT2D eigenvalue weighted by atomic mass is 9.87. The summed E-state index contributed by atoms with van der Waals surface area (Å²) in [5.41, 5.74) is 1.64. The lowest BCUT2D eigenvalue weighted by Gasteiger charge is -2.32. The van der Waals surface area contributed by atoms with Crippen molar-refractivity contribution in [1.82, 2.24) is 4.90 Å². The van der Waals surface area contributed by atoms with Gasteiger partial charge in [-0.05, 0) is 105 Å². The first-order valence-corrected chi connectivity index (χ1v) is 12.3. The fourth-order valence-electron chi connectivity index (χ4n) is 4.67. The zero-order valence-corrected chi connectivity index (χ0v) is 18.7. The summed E-state index contributed by atoms with van der Waals surface area (Å²) in [6, 6.07) is 8.48. The van der Waals surface area contributed by atoms with Gasteiger partial charge in [0.15, 0.2) is 0 Å². The van der Waals surface area contributed by atoms with Gasteiger partial charge >= 0.3 is 6.18 Å². The van der Waals surface area contributed by atoms with Gasteiger partial charge in [-0.3, -0.25) is 0 Å². The van der Waals surface area contributed by atoms with E-state index in [0.717, 1.165) is 49.5 Å². The number of piperidine rings is 1. The normalized spacial score (nSPS) is 20.7. The summed E-state index contributed by atoms with van der Waals surface area (Å²) in [5, 5.41) is 5.26. The number of nitrogens with zero attached hydrogens (tertiary/aromatic N) is 1. The highest BCUT2D eigenvalue weighted by atomic mass is 32.2. The summed E-state index contributed by atoms with van der Waals surface area (Å²) in [7, 11) is -1.80. The number of ether oxygens (including phenoxy) is 1. The van der Waals surface area contributed by atoms with Gasteiger partial charge in [-0.1, -0.05) is 6.07 Å². The van der Waals surface area contributed by atoms with Crippen LogP contribution in [0, 0.1) is 0 Å². The van der Waals surface area contributed by atoms with Crippen LogP contribution in [0.5, 0.6) is 5.75 Å². The van der Waals surface area contributed by atoms with Crippen LogP contribution in [0.25, 0.3) is 0 Å². The fourth-order valence-corrected chi connectivity index (χ4v) is 5.23. The molecule has 0 spiro atoms. The summed E-state index contributed by atoms with van der Waals surface area (Å²) in [5.74, 6) is 0.470. The van der Waals surface area contributed by atoms with Gasteiger partial charge in [-0.2, -0.15) is 13.2 Å². The number of primary sulfonamides is 1. The number of sulfonamides is 1. The number of aryl methyl sites for hydroxylation is 1. The highest BCUT2D eigenvalue weighted by Crippen LogP contribution is 2.42. The van der Waals surface area contributed by atoms with Crippen molar-refractivity contribution in [3.05, 3.63) is 58.7 Å². The van der Waals surface area contributed by atoms with Gasteiger partial charge in [-0.25, -0.2) is 13.6 Å². The van der Waals surface area contributed by atoms with E-state index in [9.17, 15) is 21.6 Å². The van der Waals surface area contributed by atoms with E-state index in [2.05, 4.69) is 4.90 Å². The Labute approximate surface area is 186 Å². The number of hydrogen-bond donors (Lipinski definition) is 1. The number of halogens is 3. The second kappa shape index (κ2) is 8.68. The minimum atomic E-state index is -4.42. The van der Waals surface area contributed by atoms with Crippen molar-refractivity contribution < 1.29 is 26.3 Å². The van der Waals surface area contributed by atoms with Crippen LogP contribution in [0.1, 0.15) is 60.0 Å². The molecule has 1 fully saturated rings. The molecule has 2 aliphatic rings. The number of nitrogens with two attached hydrogens (primary N) is 1. The smallest absolute Gasteiger partial charge is 0.416 e. The van der Waals surface area contributed by atoms with Crippen molar-refractivity contribution >= 4 is 10.0 Å². The molecule has 0 aromatic heterocycles. The molecule has 1 unspecified atom stereocenters. The van der Waals surface area contributed by atoms with Crippen LogP contribution in [0.4, 0.5) is 13.2 Å². The topological polar surface area (TPSA) is 72.6 Å². The molecule has 0 radical (unpaired) electrons. The van der Waals surface area contributed by atoms with E-state index in [0.29, 0.717) is 24.2 Å². The maximum absolute atomic E-state index is 13.4. The van der Waals surface area contributed by atoms with Gasteiger partial charge in [0.2, 0.25) is 10.0 Å². The minimum absolute atomic E-state index is 0.00341. The zero-order chi connectivity index (χ0) is 23.1. The maximum Gasteiger partial charge on any atom is 0.416 e. The Morgan fingerprint density at radius 2 is 1.75 bits per heavy atom. The van der Waals surface area contributed by atoms with Crippen LogP contribution in [0.2, 0.25) is 0 Å². The number of benzene rings is 2. The molecule has 2 aromatic carbocycles. The number of alkyl halides is 3. The molecule has 174 valence electrons. The number of rotatable bonds is 4. The van der Waals surface area contributed by atoms with Gasteiger partial charge < -0.3 is 9.64 Å². The fraction of sp³-hybridized carbons (Fsp3) is 0.478. The second-order valence-corrected chi connectivity index (χ2v) is 10.3. The second-order valence-electron chi connectivity index (χ2n) is 8.73. The monoisotopic (exact) mass is 468 g/mol. The Morgan fingerprint density at radius 3 is 2.41 bits per heavy atom. The Bertz CT molecular complexity index is 1090. The average molecular weight is 469 g/mol. The molecule has 4 rings (SSSR count). The van der Waals surface area contributed by atoms with Gasteiger partial charge in [0.1, 0.15) is 11.9 Å². The van der Waals surface area contributed by atoms with Gasteiger partial charge in [-0.15, -0.1) is 0 Å². The van der Waals surface area contributed by atoms with E-state index in [1.54, 1.807) is 12.1 Å². The molecule has 2 N–H and O–H groups in total. The van der Waals surface area contributed by atoms with Crippen LogP contribution in [0.3, 0.4) is 0 Å². The molecular formula is C23H27F3N2O3S. The summed E-state index contributed by atoms with van der Waals surface area (Å²) in [4.78, 5) is 2.23. The van der Waals surface area contributed by atoms with Crippen molar-refractivity contribution in [3.8, 4) is 5.75 Å². The molecule has 9 heteroatoms. The van der Waals surface area contributed by atoms with E-state index in [-0.39, 0.29) is 16.9 Å². The summed E-state index contributed by atoms with van der Waals surface area (Å²) >= 11 is 0. The Morgan fingerprint density at radius 1 is 1.03 bits per heavy atom. The van der Waals surface area contributed by atoms with Crippen molar-refractivity contribution in [1.29, 1.82) is 0 Å². The molecule has 1 heterocycles. The number of likely N-dealkylation sites (tertiary alicyclic amines) is 1. The largest absolute Gasteiger partial charge is 0.485 e. The van der Waals surface area contributed by atoms with E-state index >= 15 is 0 Å². The third kappa shape index (κ3) is 4.94. The molecule has 0 bridgehead atoms. The van der Waals surface area contributed by atoms with E-state index < -0.39 is 21.8 Å². The molecule has 32 heavy (non-hydrogen) atoms. The van der Waals surface area contributed by atoms with Crippen molar-refractivity contribution in [2.24, 2.45) is 5.14 Å². The van der Waals surface area contributed by atoms with Crippen LogP contribution in [0.15, 0.2) is 41.3 Å². The van der Waals surface area contributed by atoms with Crippen LogP contribution >= 0.6 is 0 Å². The maximum atomic E-state index is 13.4. The average Bonchev–Trinajstić information content (AvgIpc) is 2.73. The van der Waals surface area contributed by atoms with E-state index in [1.165, 1.54) is 18.2 Å². The Hall–Kier alpha value is -2.10. The standard InChI is InChI=1S/C23H27F3N2O3S/c1-28-11-9-15(10-12-28)20-14-17(23(24,25)26)5-8-22(20)31-21-4-2-3-16-13-18(32(27,29)30)6-7-19(16)21/h5-8,13-15,21H,2-4,9-12H2,1H3,(H2,27,29,30). The minimum Gasteiger partial charge on any atom is -0.485 e. The quantitative estimate of drug-likeness (QED) is 0.711. The highest BCUT2D eigenvalue weighted by Gasteiger charge is 2.33. The Kier molecular flexibility index (Phi) is 6.26. The third-order valence-corrected chi connectivity index (χ3v) is 7.38. The van der Waals surface area contributed by atoms with Crippen molar-refractivity contribution in [2.45, 2.75) is 55.2 Å². The molecule has 2 aromatic rings. The molecule has 1 atom stereocenters. The SMILES string of the molecule is CN1CCC(c2cc(C(F)(F)F)ccc2OC2CCCc3cc(S(N)(=O)=O)ccc32)CC1. The van der Waals surface area contributed by atoms with Crippen LogP contribution in [-0.2, 0) is 22.6 Å². The van der Waals surface area contributed by atoms with E-state index in [4.69, 9.17) is 9.88 Å². The summed E-state index contributed by atoms with van der Waals surface area (Å²) < 4.78 is 70.0. The van der Waals surface area contributed by atoms with Gasteiger partial charge in [0.25, 0.3) is 0 Å². The first kappa shape index (κ1) is 23.1. The molecule has 0 saturated carbocycles. The lowest BCUT2D eigenvalue weighted by molar-refractivity contribution is -0.137. The molecule has 0 amide bonds. The summed E-state index contributed by atoms with van der Waals surface area (Å²) in [6.45, 7) is 1.64. The van der Waals surface area contributed by atoms with Crippen molar-refractivity contribution in [2.75, 3.05) is 20.1 Å². The van der Waals surface area contributed by atoms with Gasteiger partial charge in [0, 0.05) is 0 Å². The first-order chi connectivity index (χ1) is 15.0. The number of fused-ring (bicyclic) bond motifs is 1.